The van der Waals surface area contributed by atoms with Crippen molar-refractivity contribution >= 4 is 17.8 Å². The van der Waals surface area contributed by atoms with E-state index in [4.69, 9.17) is 9.84 Å². The fourth-order valence-corrected chi connectivity index (χ4v) is 2.89. The number of carboxylic acids is 1. The lowest BCUT2D eigenvalue weighted by Crippen LogP contribution is -2.39. The molecule has 2 amide bonds. The summed E-state index contributed by atoms with van der Waals surface area (Å²) in [5, 5.41) is 8.91. The van der Waals surface area contributed by atoms with Gasteiger partial charge in [0.25, 0.3) is 0 Å². The molecule has 0 unspecified atom stereocenters. The fourth-order valence-electron chi connectivity index (χ4n) is 2.89. The zero-order valence-corrected chi connectivity index (χ0v) is 14.9. The molecular weight excluding hydrogens is 336 g/mol. The van der Waals surface area contributed by atoms with E-state index in [1.807, 2.05) is 30.3 Å². The molecule has 2 rings (SSSR count). The average molecular weight is 362 g/mol. The molecule has 0 aromatic heterocycles. The van der Waals surface area contributed by atoms with E-state index in [1.54, 1.807) is 4.90 Å². The average Bonchev–Trinajstić information content (AvgIpc) is 2.66. The van der Waals surface area contributed by atoms with E-state index in [0.717, 1.165) is 18.4 Å². The predicted molar refractivity (Wildman–Crippen MR) is 95.4 cm³/mol. The van der Waals surface area contributed by atoms with Crippen LogP contribution in [-0.2, 0) is 25.5 Å². The van der Waals surface area contributed by atoms with E-state index in [1.165, 1.54) is 4.90 Å². The summed E-state index contributed by atoms with van der Waals surface area (Å²) in [4.78, 5) is 38.4. The second-order valence-electron chi connectivity index (χ2n) is 6.39. The van der Waals surface area contributed by atoms with Crippen LogP contribution in [0.1, 0.15) is 31.2 Å². The van der Waals surface area contributed by atoms with Crippen LogP contribution in [0.3, 0.4) is 0 Å². The van der Waals surface area contributed by atoms with Crippen molar-refractivity contribution in [2.75, 3.05) is 33.0 Å². The number of aryl methyl sites for hydroxylation is 1. The van der Waals surface area contributed by atoms with Gasteiger partial charge in [-0.1, -0.05) is 30.3 Å². The summed E-state index contributed by atoms with van der Waals surface area (Å²) >= 11 is 0. The minimum Gasteiger partial charge on any atom is -0.480 e. The van der Waals surface area contributed by atoms with Crippen LogP contribution >= 0.6 is 0 Å². The summed E-state index contributed by atoms with van der Waals surface area (Å²) in [5.74, 6) is -1.39. The first-order valence-corrected chi connectivity index (χ1v) is 8.95. The summed E-state index contributed by atoms with van der Waals surface area (Å²) in [6, 6.07) is 9.82. The number of nitrogens with zero attached hydrogens (tertiary/aromatic N) is 2. The molecule has 1 aliphatic rings. The minimum absolute atomic E-state index is 0.00272. The topological polar surface area (TPSA) is 87.2 Å². The number of rotatable bonds is 5. The first kappa shape index (κ1) is 19.9. The highest BCUT2D eigenvalue weighted by Gasteiger charge is 2.20. The molecule has 0 saturated carbocycles. The van der Waals surface area contributed by atoms with Crippen molar-refractivity contribution in [3.63, 3.8) is 0 Å². The molecule has 1 aliphatic heterocycles. The standard InChI is InChI=1S/C19H26N2O5/c22-17(10-9-16-7-3-1-4-8-16)21-12-6-2-5-11-20(13-19(24)25)18(23)14-26-15-21/h1,3-4,7-8H,2,5-6,9-15H2,(H,24,25). The summed E-state index contributed by atoms with van der Waals surface area (Å²) in [7, 11) is 0. The minimum atomic E-state index is -1.04. The Hall–Kier alpha value is -2.41. The number of benzene rings is 1. The van der Waals surface area contributed by atoms with Gasteiger partial charge in [-0.3, -0.25) is 14.4 Å². The quantitative estimate of drug-likeness (QED) is 0.858. The van der Waals surface area contributed by atoms with E-state index < -0.39 is 5.97 Å². The van der Waals surface area contributed by atoms with Crippen LogP contribution in [0.15, 0.2) is 30.3 Å². The number of hydrogen-bond donors (Lipinski definition) is 1. The molecule has 0 atom stereocenters. The number of carbonyl (C=O) groups is 3. The smallest absolute Gasteiger partial charge is 0.323 e. The monoisotopic (exact) mass is 362 g/mol. The van der Waals surface area contributed by atoms with Gasteiger partial charge in [0.1, 0.15) is 19.9 Å². The second kappa shape index (κ2) is 10.6. The van der Waals surface area contributed by atoms with Crippen LogP contribution in [0, 0.1) is 0 Å². The van der Waals surface area contributed by atoms with Gasteiger partial charge < -0.3 is 19.6 Å². The van der Waals surface area contributed by atoms with Gasteiger partial charge in [0.2, 0.25) is 11.8 Å². The van der Waals surface area contributed by atoms with Crippen molar-refractivity contribution < 1.29 is 24.2 Å². The number of carboxylic acid groups (broad SMARTS) is 1. The van der Waals surface area contributed by atoms with Gasteiger partial charge in [-0.15, -0.1) is 0 Å². The van der Waals surface area contributed by atoms with Crippen molar-refractivity contribution in [2.24, 2.45) is 0 Å². The van der Waals surface area contributed by atoms with Crippen molar-refractivity contribution in [2.45, 2.75) is 32.1 Å². The van der Waals surface area contributed by atoms with Gasteiger partial charge in [0.05, 0.1) is 0 Å². The Bertz CT molecular complexity index is 605. The summed E-state index contributed by atoms with van der Waals surface area (Å²) in [6.45, 7) is 0.509. The Labute approximate surface area is 153 Å². The molecule has 1 saturated heterocycles. The summed E-state index contributed by atoms with van der Waals surface area (Å²) in [5.41, 5.74) is 1.11. The maximum absolute atomic E-state index is 12.5. The van der Waals surface area contributed by atoms with Crippen LogP contribution in [-0.4, -0.2) is 65.7 Å². The third kappa shape index (κ3) is 6.84. The molecule has 1 N–H and O–H groups in total. The van der Waals surface area contributed by atoms with Crippen LogP contribution in [0.4, 0.5) is 0 Å². The summed E-state index contributed by atoms with van der Waals surface area (Å²) < 4.78 is 5.40. The molecule has 7 heteroatoms. The Morgan fingerprint density at radius 3 is 2.54 bits per heavy atom. The van der Waals surface area contributed by atoms with Gasteiger partial charge in [-0.2, -0.15) is 0 Å². The molecule has 142 valence electrons. The fraction of sp³-hybridized carbons (Fsp3) is 0.526. The summed E-state index contributed by atoms with van der Waals surface area (Å²) in [6.07, 6.45) is 3.40. The molecular formula is C19H26N2O5. The highest BCUT2D eigenvalue weighted by Crippen LogP contribution is 2.09. The Balaban J connectivity index is 1.87. The molecule has 0 aliphatic carbocycles. The number of amides is 2. The van der Waals surface area contributed by atoms with E-state index >= 15 is 0 Å². The van der Waals surface area contributed by atoms with Gasteiger partial charge in [-0.25, -0.2) is 0 Å². The molecule has 0 bridgehead atoms. The zero-order valence-electron chi connectivity index (χ0n) is 14.9. The second-order valence-corrected chi connectivity index (χ2v) is 6.39. The molecule has 7 nitrogen and oxygen atoms in total. The van der Waals surface area contributed by atoms with Crippen LogP contribution in [0.2, 0.25) is 0 Å². The molecule has 0 radical (unpaired) electrons. The largest absolute Gasteiger partial charge is 0.480 e. The van der Waals surface area contributed by atoms with E-state index in [9.17, 15) is 14.4 Å². The van der Waals surface area contributed by atoms with Gasteiger partial charge in [-0.05, 0) is 31.2 Å². The van der Waals surface area contributed by atoms with Gasteiger partial charge in [0.15, 0.2) is 0 Å². The SMILES string of the molecule is O=C(O)CN1CCCCCN(C(=O)CCc2ccccc2)COCC1=O. The highest BCUT2D eigenvalue weighted by molar-refractivity contribution is 5.82. The molecule has 1 fully saturated rings. The molecule has 26 heavy (non-hydrogen) atoms. The highest BCUT2D eigenvalue weighted by atomic mass is 16.5. The van der Waals surface area contributed by atoms with Crippen molar-refractivity contribution in [1.82, 2.24) is 9.80 Å². The van der Waals surface area contributed by atoms with Crippen LogP contribution in [0.5, 0.6) is 0 Å². The molecule has 1 aromatic carbocycles. The van der Waals surface area contributed by atoms with E-state index in [-0.39, 0.29) is 31.7 Å². The number of hydrogen-bond acceptors (Lipinski definition) is 4. The lowest BCUT2D eigenvalue weighted by molar-refractivity contribution is -0.148. The first-order chi connectivity index (χ1) is 12.6. The van der Waals surface area contributed by atoms with Gasteiger partial charge >= 0.3 is 5.97 Å². The van der Waals surface area contributed by atoms with E-state index in [2.05, 4.69) is 0 Å². The molecule has 0 spiro atoms. The maximum atomic E-state index is 12.5. The van der Waals surface area contributed by atoms with Crippen molar-refractivity contribution in [3.05, 3.63) is 35.9 Å². The third-order valence-electron chi connectivity index (χ3n) is 4.33. The lowest BCUT2D eigenvalue weighted by atomic mass is 10.1. The number of carbonyl (C=O) groups excluding carboxylic acids is 2. The van der Waals surface area contributed by atoms with Crippen molar-refractivity contribution in [3.8, 4) is 0 Å². The van der Waals surface area contributed by atoms with Gasteiger partial charge in [0, 0.05) is 19.5 Å². The van der Waals surface area contributed by atoms with Crippen molar-refractivity contribution in [1.29, 1.82) is 0 Å². The first-order valence-electron chi connectivity index (χ1n) is 8.95. The Morgan fingerprint density at radius 2 is 1.81 bits per heavy atom. The molecule has 1 aromatic rings. The number of aliphatic carboxylic acids is 1. The predicted octanol–water partition coefficient (Wildman–Crippen LogP) is 1.52. The Morgan fingerprint density at radius 1 is 1.08 bits per heavy atom. The van der Waals surface area contributed by atoms with Crippen LogP contribution in [0.25, 0.3) is 0 Å². The number of ether oxygens (including phenoxy) is 1. The zero-order chi connectivity index (χ0) is 18.8. The maximum Gasteiger partial charge on any atom is 0.323 e. The molecule has 1 heterocycles. The third-order valence-corrected chi connectivity index (χ3v) is 4.33. The normalized spacial score (nSPS) is 16.8. The van der Waals surface area contributed by atoms with Crippen LogP contribution < -0.4 is 0 Å². The lowest BCUT2D eigenvalue weighted by Gasteiger charge is -2.22. The van der Waals surface area contributed by atoms with E-state index in [0.29, 0.717) is 32.4 Å². The Kier molecular flexibility index (Phi) is 8.08.